The smallest absolute Gasteiger partial charge is 0.412 e. The Labute approximate surface area is 138 Å². The third-order valence-electron chi connectivity index (χ3n) is 3.86. The zero-order chi connectivity index (χ0) is 16.1. The molecule has 1 fully saturated rings. The molecule has 2 rings (SSSR count). The van der Waals surface area contributed by atoms with Gasteiger partial charge in [-0.3, -0.25) is 0 Å². The molecule has 1 aromatic rings. The molecule has 1 N–H and O–H groups in total. The number of hydrogen-bond donors (Lipinski definition) is 1. The van der Waals surface area contributed by atoms with Gasteiger partial charge in [0.2, 0.25) is 6.36 Å². The molecule has 1 heterocycles. The van der Waals surface area contributed by atoms with E-state index in [-0.39, 0.29) is 18.9 Å². The maximum atomic E-state index is 13.4. The van der Waals surface area contributed by atoms with Gasteiger partial charge in [-0.25, -0.2) is 9.18 Å². The van der Waals surface area contributed by atoms with Crippen LogP contribution in [-0.2, 0) is 4.74 Å². The first-order chi connectivity index (χ1) is 10.5. The molecule has 0 saturated carbocycles. The van der Waals surface area contributed by atoms with Gasteiger partial charge in [-0.15, -0.1) is 0 Å². The van der Waals surface area contributed by atoms with E-state index >= 15 is 0 Å². The summed E-state index contributed by atoms with van der Waals surface area (Å²) in [5.41, 5.74) is 1.03. The van der Waals surface area contributed by atoms with Crippen molar-refractivity contribution in [3.63, 3.8) is 0 Å². The highest BCUT2D eigenvalue weighted by Crippen LogP contribution is 2.30. The Morgan fingerprint density at radius 1 is 1.59 bits per heavy atom. The molecule has 1 amide bonds. The Kier molecular flexibility index (Phi) is 6.20. The predicted octanol–water partition coefficient (Wildman–Crippen LogP) is 3.83. The maximum absolute atomic E-state index is 13.4. The van der Waals surface area contributed by atoms with E-state index in [1.165, 1.54) is 4.90 Å². The zero-order valence-electron chi connectivity index (χ0n) is 12.5. The van der Waals surface area contributed by atoms with Gasteiger partial charge in [-0.05, 0) is 30.5 Å². The number of amides is 1. The molecule has 4 nitrogen and oxygen atoms in total. The first-order valence-corrected chi connectivity index (χ1v) is 8.33. The Morgan fingerprint density at radius 2 is 2.36 bits per heavy atom. The van der Waals surface area contributed by atoms with Gasteiger partial charge in [0.25, 0.3) is 0 Å². The number of aliphatic hydroxyl groups excluding tert-OH is 1. The van der Waals surface area contributed by atoms with Gasteiger partial charge < -0.3 is 14.7 Å². The van der Waals surface area contributed by atoms with Crippen molar-refractivity contribution in [3.05, 3.63) is 34.3 Å². The van der Waals surface area contributed by atoms with E-state index < -0.39 is 18.6 Å². The number of likely N-dealkylation sites (tertiary alicyclic amines) is 1. The van der Waals surface area contributed by atoms with Crippen molar-refractivity contribution in [1.82, 2.24) is 4.90 Å². The van der Waals surface area contributed by atoms with E-state index in [1.54, 1.807) is 0 Å². The summed E-state index contributed by atoms with van der Waals surface area (Å²) >= 11 is 3.42. The van der Waals surface area contributed by atoms with Crippen LogP contribution in [0.25, 0.3) is 0 Å². The SMILES string of the molecule is CCCC(F)OC(=O)N1CC[C@H](c2cccc(Br)c2)[C@@H](O)C1. The lowest BCUT2D eigenvalue weighted by molar-refractivity contribution is -0.0259. The van der Waals surface area contributed by atoms with Crippen LogP contribution >= 0.6 is 15.9 Å². The van der Waals surface area contributed by atoms with E-state index in [4.69, 9.17) is 4.74 Å². The van der Waals surface area contributed by atoms with Gasteiger partial charge in [0.05, 0.1) is 12.6 Å². The summed E-state index contributed by atoms with van der Waals surface area (Å²) in [4.78, 5) is 13.2. The minimum atomic E-state index is -1.57. The highest BCUT2D eigenvalue weighted by Gasteiger charge is 2.32. The lowest BCUT2D eigenvalue weighted by Gasteiger charge is -2.35. The summed E-state index contributed by atoms with van der Waals surface area (Å²) in [6.07, 6.45) is -1.51. The van der Waals surface area contributed by atoms with Crippen molar-refractivity contribution < 1.29 is 19.0 Å². The molecule has 1 aromatic carbocycles. The van der Waals surface area contributed by atoms with Crippen LogP contribution in [0.3, 0.4) is 0 Å². The monoisotopic (exact) mass is 373 g/mol. The molecule has 1 aliphatic rings. The molecule has 0 radical (unpaired) electrons. The second-order valence-electron chi connectivity index (χ2n) is 5.55. The number of carbonyl (C=O) groups excluding carboxylic acids is 1. The van der Waals surface area contributed by atoms with Crippen molar-refractivity contribution in [2.45, 2.75) is 44.6 Å². The van der Waals surface area contributed by atoms with Crippen LogP contribution in [0.2, 0.25) is 0 Å². The molecule has 0 bridgehead atoms. The molecular formula is C16H21BrFNO3. The summed E-state index contributed by atoms with van der Waals surface area (Å²) in [5.74, 6) is -0.0293. The second kappa shape index (κ2) is 7.92. The standard InChI is InChI=1S/C16H21BrFNO3/c1-2-4-15(18)22-16(21)19-8-7-13(14(20)10-19)11-5-3-6-12(17)9-11/h3,5-6,9,13-15,20H,2,4,7-8,10H2,1H3/t13-,14+,15?/m1/s1. The first-order valence-electron chi connectivity index (χ1n) is 7.54. The third kappa shape index (κ3) is 4.43. The third-order valence-corrected chi connectivity index (χ3v) is 4.35. The minimum Gasteiger partial charge on any atom is -0.415 e. The quantitative estimate of drug-likeness (QED) is 0.872. The fourth-order valence-electron chi connectivity index (χ4n) is 2.69. The van der Waals surface area contributed by atoms with E-state index in [1.807, 2.05) is 31.2 Å². The molecule has 122 valence electrons. The molecule has 3 atom stereocenters. The molecule has 0 spiro atoms. The number of rotatable bonds is 4. The Hall–Kier alpha value is -1.14. The molecule has 0 aliphatic carbocycles. The van der Waals surface area contributed by atoms with Crippen LogP contribution in [0.15, 0.2) is 28.7 Å². The number of nitrogens with zero attached hydrogens (tertiary/aromatic N) is 1. The normalized spacial score (nSPS) is 23.2. The van der Waals surface area contributed by atoms with Crippen molar-refractivity contribution >= 4 is 22.0 Å². The molecular weight excluding hydrogens is 353 g/mol. The van der Waals surface area contributed by atoms with E-state index in [9.17, 15) is 14.3 Å². The highest BCUT2D eigenvalue weighted by molar-refractivity contribution is 9.10. The lowest BCUT2D eigenvalue weighted by Crippen LogP contribution is -2.46. The van der Waals surface area contributed by atoms with E-state index in [2.05, 4.69) is 15.9 Å². The van der Waals surface area contributed by atoms with Gasteiger partial charge in [0, 0.05) is 23.4 Å². The summed E-state index contributed by atoms with van der Waals surface area (Å²) in [6.45, 7) is 2.44. The summed E-state index contributed by atoms with van der Waals surface area (Å²) in [6, 6.07) is 7.79. The largest absolute Gasteiger partial charge is 0.415 e. The van der Waals surface area contributed by atoms with Crippen LogP contribution < -0.4 is 0 Å². The summed E-state index contributed by atoms with van der Waals surface area (Å²) < 4.78 is 19.1. The fourth-order valence-corrected chi connectivity index (χ4v) is 3.11. The van der Waals surface area contributed by atoms with E-state index in [0.29, 0.717) is 19.4 Å². The molecule has 1 unspecified atom stereocenters. The number of hydrogen-bond acceptors (Lipinski definition) is 3. The van der Waals surface area contributed by atoms with Crippen LogP contribution in [0.4, 0.5) is 9.18 Å². The molecule has 6 heteroatoms. The van der Waals surface area contributed by atoms with Crippen molar-refractivity contribution in [1.29, 1.82) is 0 Å². The van der Waals surface area contributed by atoms with Crippen LogP contribution in [-0.4, -0.2) is 41.7 Å². The predicted molar refractivity (Wildman–Crippen MR) is 85.4 cm³/mol. The summed E-state index contributed by atoms with van der Waals surface area (Å²) in [7, 11) is 0. The fraction of sp³-hybridized carbons (Fsp3) is 0.562. The average molecular weight is 374 g/mol. The Bertz CT molecular complexity index is 514. The average Bonchev–Trinajstić information content (AvgIpc) is 2.47. The topological polar surface area (TPSA) is 49.8 Å². The summed E-state index contributed by atoms with van der Waals surface area (Å²) in [5, 5.41) is 10.3. The Morgan fingerprint density at radius 3 is 3.00 bits per heavy atom. The number of β-amino-alcohol motifs (C(OH)–C–C–N with tert-alkyl or cyclic N) is 1. The van der Waals surface area contributed by atoms with Crippen molar-refractivity contribution in [3.8, 4) is 0 Å². The second-order valence-corrected chi connectivity index (χ2v) is 6.46. The van der Waals surface area contributed by atoms with Crippen LogP contribution in [0.1, 0.15) is 37.7 Å². The first kappa shape index (κ1) is 17.2. The molecule has 1 saturated heterocycles. The van der Waals surface area contributed by atoms with E-state index in [0.717, 1.165) is 10.0 Å². The number of ether oxygens (including phenoxy) is 1. The number of halogens is 2. The minimum absolute atomic E-state index is 0.0293. The molecule has 0 aromatic heterocycles. The van der Waals surface area contributed by atoms with Gasteiger partial charge in [-0.2, -0.15) is 0 Å². The number of aliphatic hydroxyl groups is 1. The van der Waals surface area contributed by atoms with Gasteiger partial charge >= 0.3 is 6.09 Å². The van der Waals surface area contributed by atoms with Crippen LogP contribution in [0, 0.1) is 0 Å². The maximum Gasteiger partial charge on any atom is 0.412 e. The highest BCUT2D eigenvalue weighted by atomic mass is 79.9. The van der Waals surface area contributed by atoms with Gasteiger partial charge in [0.1, 0.15) is 0 Å². The zero-order valence-corrected chi connectivity index (χ0v) is 14.1. The molecule has 1 aliphatic heterocycles. The lowest BCUT2D eigenvalue weighted by atomic mass is 9.87. The van der Waals surface area contributed by atoms with Crippen molar-refractivity contribution in [2.24, 2.45) is 0 Å². The number of piperidine rings is 1. The van der Waals surface area contributed by atoms with Crippen LogP contribution in [0.5, 0.6) is 0 Å². The van der Waals surface area contributed by atoms with Gasteiger partial charge in [-0.1, -0.05) is 35.0 Å². The van der Waals surface area contributed by atoms with Crippen molar-refractivity contribution in [2.75, 3.05) is 13.1 Å². The number of benzene rings is 1. The molecule has 22 heavy (non-hydrogen) atoms. The number of alkyl halides is 1. The van der Waals surface area contributed by atoms with Gasteiger partial charge in [0.15, 0.2) is 0 Å². The number of carbonyl (C=O) groups is 1. The Balaban J connectivity index is 1.93.